The normalized spacial score (nSPS) is 12.5. The monoisotopic (exact) mass is 454 g/mol. The number of benzene rings is 3. The van der Waals surface area contributed by atoms with Crippen LogP contribution in [0.15, 0.2) is 71.6 Å². The number of hydrogen-bond donors (Lipinski definition) is 5. The van der Waals surface area contributed by atoms with Crippen LogP contribution in [0.2, 0.25) is 0 Å². The van der Waals surface area contributed by atoms with Crippen molar-refractivity contribution in [3.8, 4) is 0 Å². The Morgan fingerprint density at radius 3 is 2.41 bits per heavy atom. The van der Waals surface area contributed by atoms with Crippen molar-refractivity contribution in [3.05, 3.63) is 72.3 Å². The Hall–Kier alpha value is -2.94. The SMILES string of the molecule is N=C(N)c1ccc(NCC(O)CNCCCCS(=O)(=O)c2ccc3ccccc3c2)cc1. The van der Waals surface area contributed by atoms with Gasteiger partial charge in [0.25, 0.3) is 0 Å². The molecule has 3 rings (SSSR count). The largest absolute Gasteiger partial charge is 0.390 e. The third-order valence-electron chi connectivity index (χ3n) is 5.21. The molecular weight excluding hydrogens is 424 g/mol. The lowest BCUT2D eigenvalue weighted by Gasteiger charge is -2.14. The number of aliphatic hydroxyl groups excluding tert-OH is 1. The summed E-state index contributed by atoms with van der Waals surface area (Å²) in [7, 11) is -3.31. The van der Waals surface area contributed by atoms with Gasteiger partial charge in [-0.25, -0.2) is 8.42 Å². The van der Waals surface area contributed by atoms with Gasteiger partial charge in [0.2, 0.25) is 0 Å². The van der Waals surface area contributed by atoms with E-state index in [-0.39, 0.29) is 11.6 Å². The minimum absolute atomic E-state index is 0.0193. The lowest BCUT2D eigenvalue weighted by molar-refractivity contribution is 0.184. The Morgan fingerprint density at radius 1 is 0.969 bits per heavy atom. The average Bonchev–Trinajstić information content (AvgIpc) is 2.79. The predicted octanol–water partition coefficient (Wildman–Crippen LogP) is 2.74. The number of sulfone groups is 1. The Labute approximate surface area is 189 Å². The van der Waals surface area contributed by atoms with E-state index in [1.54, 1.807) is 24.3 Å². The number of anilines is 1. The predicted molar refractivity (Wildman–Crippen MR) is 130 cm³/mol. The maximum Gasteiger partial charge on any atom is 0.178 e. The van der Waals surface area contributed by atoms with Gasteiger partial charge in [0.1, 0.15) is 5.84 Å². The van der Waals surface area contributed by atoms with Crippen molar-refractivity contribution in [2.75, 3.05) is 30.7 Å². The van der Waals surface area contributed by atoms with E-state index in [0.717, 1.165) is 16.5 Å². The molecule has 0 aliphatic rings. The number of nitrogens with one attached hydrogen (secondary N) is 3. The number of hydrogen-bond acceptors (Lipinski definition) is 6. The van der Waals surface area contributed by atoms with Crippen molar-refractivity contribution in [2.24, 2.45) is 5.73 Å². The van der Waals surface area contributed by atoms with Gasteiger partial charge in [-0.3, -0.25) is 5.41 Å². The van der Waals surface area contributed by atoms with Gasteiger partial charge >= 0.3 is 0 Å². The van der Waals surface area contributed by atoms with Gasteiger partial charge in [0.15, 0.2) is 9.84 Å². The average molecular weight is 455 g/mol. The lowest BCUT2D eigenvalue weighted by Crippen LogP contribution is -2.32. The molecule has 0 amide bonds. The van der Waals surface area contributed by atoms with Gasteiger partial charge < -0.3 is 21.5 Å². The third kappa shape index (κ3) is 6.78. The maximum atomic E-state index is 12.6. The lowest BCUT2D eigenvalue weighted by atomic mass is 10.1. The molecule has 3 aromatic carbocycles. The summed E-state index contributed by atoms with van der Waals surface area (Å²) in [6, 6.07) is 20.1. The molecule has 3 aromatic rings. The van der Waals surface area contributed by atoms with Crippen molar-refractivity contribution < 1.29 is 13.5 Å². The highest BCUT2D eigenvalue weighted by atomic mass is 32.2. The van der Waals surface area contributed by atoms with E-state index in [4.69, 9.17) is 11.1 Å². The summed E-state index contributed by atoms with van der Waals surface area (Å²) in [6.07, 6.45) is 0.683. The first kappa shape index (κ1) is 23.7. The molecule has 0 spiro atoms. The zero-order valence-electron chi connectivity index (χ0n) is 17.9. The van der Waals surface area contributed by atoms with Crippen LogP contribution in [0.3, 0.4) is 0 Å². The Morgan fingerprint density at radius 2 is 1.69 bits per heavy atom. The molecule has 0 aliphatic carbocycles. The number of nitrogen functional groups attached to an aromatic ring is 1. The van der Waals surface area contributed by atoms with Crippen LogP contribution in [0.1, 0.15) is 18.4 Å². The summed E-state index contributed by atoms with van der Waals surface area (Å²) >= 11 is 0. The number of nitrogens with two attached hydrogens (primary N) is 1. The number of aliphatic hydroxyl groups is 1. The summed E-state index contributed by atoms with van der Waals surface area (Å²) < 4.78 is 25.2. The van der Waals surface area contributed by atoms with Crippen molar-refractivity contribution in [3.63, 3.8) is 0 Å². The number of amidine groups is 1. The molecule has 0 radical (unpaired) electrons. The smallest absolute Gasteiger partial charge is 0.178 e. The minimum atomic E-state index is -3.31. The van der Waals surface area contributed by atoms with E-state index >= 15 is 0 Å². The quantitative estimate of drug-likeness (QED) is 0.163. The van der Waals surface area contributed by atoms with Gasteiger partial charge in [-0.2, -0.15) is 0 Å². The van der Waals surface area contributed by atoms with Gasteiger partial charge in [-0.1, -0.05) is 30.3 Å². The molecule has 0 fully saturated rings. The highest BCUT2D eigenvalue weighted by molar-refractivity contribution is 7.91. The Bertz CT molecular complexity index is 1150. The second kappa shape index (κ2) is 11.1. The Kier molecular flexibility index (Phi) is 8.21. The fraction of sp³-hybridized carbons (Fsp3) is 0.292. The number of fused-ring (bicyclic) bond motifs is 1. The zero-order chi connectivity index (χ0) is 23.0. The van der Waals surface area contributed by atoms with Crippen molar-refractivity contribution in [1.82, 2.24) is 5.32 Å². The second-order valence-corrected chi connectivity index (χ2v) is 9.87. The molecule has 1 unspecified atom stereocenters. The van der Waals surface area contributed by atoms with E-state index < -0.39 is 15.9 Å². The second-order valence-electron chi connectivity index (χ2n) is 7.76. The van der Waals surface area contributed by atoms with Crippen LogP contribution in [-0.4, -0.2) is 50.9 Å². The molecular formula is C24H30N4O3S. The maximum absolute atomic E-state index is 12.6. The standard InChI is InChI=1S/C24H30N4O3S/c25-24(26)19-7-10-21(11-8-19)28-17-22(29)16-27-13-3-4-14-32(30,31)23-12-9-18-5-1-2-6-20(18)15-23/h1-2,5-12,15,22,27-29H,3-4,13-14,16-17H2,(H3,25,26). The van der Waals surface area contributed by atoms with Crippen LogP contribution in [-0.2, 0) is 9.84 Å². The van der Waals surface area contributed by atoms with Crippen LogP contribution < -0.4 is 16.4 Å². The molecule has 7 nitrogen and oxygen atoms in total. The molecule has 0 saturated heterocycles. The van der Waals surface area contributed by atoms with E-state index in [2.05, 4.69) is 10.6 Å². The summed E-state index contributed by atoms with van der Waals surface area (Å²) in [5.41, 5.74) is 6.92. The van der Waals surface area contributed by atoms with Crippen molar-refractivity contribution in [2.45, 2.75) is 23.8 Å². The van der Waals surface area contributed by atoms with Crippen LogP contribution in [0.4, 0.5) is 5.69 Å². The van der Waals surface area contributed by atoms with Gasteiger partial charge in [-0.05, 0) is 66.6 Å². The molecule has 170 valence electrons. The third-order valence-corrected chi connectivity index (χ3v) is 7.01. The number of rotatable bonds is 12. The van der Waals surface area contributed by atoms with Gasteiger partial charge in [-0.15, -0.1) is 0 Å². The number of unbranched alkanes of at least 4 members (excludes halogenated alkanes) is 1. The first-order valence-corrected chi connectivity index (χ1v) is 12.3. The van der Waals surface area contributed by atoms with Gasteiger partial charge in [0.05, 0.1) is 16.8 Å². The topological polar surface area (TPSA) is 128 Å². The molecule has 0 heterocycles. The molecule has 0 saturated carbocycles. The fourth-order valence-electron chi connectivity index (χ4n) is 3.36. The van der Waals surface area contributed by atoms with Crippen molar-refractivity contribution in [1.29, 1.82) is 5.41 Å². The molecule has 32 heavy (non-hydrogen) atoms. The van der Waals surface area contributed by atoms with Crippen LogP contribution in [0.25, 0.3) is 10.8 Å². The summed E-state index contributed by atoms with van der Waals surface area (Å²) in [5.74, 6) is 0.124. The summed E-state index contributed by atoms with van der Waals surface area (Å²) in [4.78, 5) is 0.363. The Balaban J connectivity index is 1.33. The summed E-state index contributed by atoms with van der Waals surface area (Å²) in [6.45, 7) is 1.43. The fourth-order valence-corrected chi connectivity index (χ4v) is 4.77. The molecule has 0 bridgehead atoms. The highest BCUT2D eigenvalue weighted by Gasteiger charge is 2.14. The van der Waals surface area contributed by atoms with Crippen molar-refractivity contribution >= 4 is 32.1 Å². The van der Waals surface area contributed by atoms with E-state index in [1.807, 2.05) is 42.5 Å². The first-order valence-electron chi connectivity index (χ1n) is 10.6. The van der Waals surface area contributed by atoms with Crippen LogP contribution >= 0.6 is 0 Å². The van der Waals surface area contributed by atoms with E-state index in [9.17, 15) is 13.5 Å². The van der Waals surface area contributed by atoms with E-state index in [1.165, 1.54) is 0 Å². The highest BCUT2D eigenvalue weighted by Crippen LogP contribution is 2.20. The first-order chi connectivity index (χ1) is 15.3. The van der Waals surface area contributed by atoms with E-state index in [0.29, 0.717) is 42.9 Å². The molecule has 8 heteroatoms. The summed E-state index contributed by atoms with van der Waals surface area (Å²) in [5, 5.41) is 25.7. The molecule has 0 aromatic heterocycles. The molecule has 0 aliphatic heterocycles. The molecule has 6 N–H and O–H groups in total. The molecule has 1 atom stereocenters. The zero-order valence-corrected chi connectivity index (χ0v) is 18.7. The minimum Gasteiger partial charge on any atom is -0.390 e. The van der Waals surface area contributed by atoms with Gasteiger partial charge in [0, 0.05) is 24.3 Å². The van der Waals surface area contributed by atoms with Crippen LogP contribution in [0.5, 0.6) is 0 Å². The van der Waals surface area contributed by atoms with Crippen LogP contribution in [0, 0.1) is 5.41 Å².